The number of hydrogen-bond donors (Lipinski definition) is 1. The average Bonchev–Trinajstić information content (AvgIpc) is 2.63. The highest BCUT2D eigenvalue weighted by molar-refractivity contribution is 5.98. The number of urea groups is 1. The van der Waals surface area contributed by atoms with E-state index in [-0.39, 0.29) is 5.69 Å². The van der Waals surface area contributed by atoms with Gasteiger partial charge < -0.3 is 10.5 Å². The first-order valence-corrected chi connectivity index (χ1v) is 8.21. The number of halogens is 3. The van der Waals surface area contributed by atoms with E-state index in [1.165, 1.54) is 24.3 Å². The van der Waals surface area contributed by atoms with Crippen LogP contribution in [0.2, 0.25) is 0 Å². The molecular weight excluding hydrogens is 371 g/mol. The van der Waals surface area contributed by atoms with E-state index in [4.69, 9.17) is 10.5 Å². The Bertz CT molecular complexity index is 988. The first-order chi connectivity index (χ1) is 13.2. The molecule has 0 spiro atoms. The van der Waals surface area contributed by atoms with Crippen molar-refractivity contribution < 1.29 is 22.7 Å². The van der Waals surface area contributed by atoms with Crippen LogP contribution in [-0.2, 0) is 6.18 Å². The number of rotatable bonds is 4. The van der Waals surface area contributed by atoms with Gasteiger partial charge in [-0.05, 0) is 55.5 Å². The maximum absolute atomic E-state index is 13.0. The first-order valence-electron chi connectivity index (χ1n) is 8.21. The SMILES string of the molecule is Cc1cc(Oc2ccc(N(C(N)=O)c3cccc(C(F)(F)F)c3)cc2)ccn1. The van der Waals surface area contributed by atoms with Crippen LogP contribution in [0.5, 0.6) is 11.5 Å². The molecule has 0 saturated carbocycles. The maximum atomic E-state index is 13.0. The molecular formula is C20H16F3N3O2. The summed E-state index contributed by atoms with van der Waals surface area (Å²) >= 11 is 0. The zero-order chi connectivity index (χ0) is 20.3. The molecule has 3 aromatic rings. The molecule has 0 bridgehead atoms. The van der Waals surface area contributed by atoms with Gasteiger partial charge in [0.05, 0.1) is 16.9 Å². The summed E-state index contributed by atoms with van der Waals surface area (Å²) in [5, 5.41) is 0. The third-order valence-corrected chi connectivity index (χ3v) is 3.85. The predicted molar refractivity (Wildman–Crippen MR) is 98.7 cm³/mol. The number of primary amides is 1. The van der Waals surface area contributed by atoms with Crippen molar-refractivity contribution in [3.63, 3.8) is 0 Å². The first kappa shape index (κ1) is 19.2. The summed E-state index contributed by atoms with van der Waals surface area (Å²) in [5.74, 6) is 1.08. The quantitative estimate of drug-likeness (QED) is 0.650. The number of carbonyl (C=O) groups excluding carboxylic acids is 1. The van der Waals surface area contributed by atoms with Crippen LogP contribution in [0.3, 0.4) is 0 Å². The number of pyridine rings is 1. The molecule has 0 aliphatic carbocycles. The highest BCUT2D eigenvalue weighted by atomic mass is 19.4. The molecule has 0 saturated heterocycles. The topological polar surface area (TPSA) is 68.5 Å². The molecule has 28 heavy (non-hydrogen) atoms. The van der Waals surface area contributed by atoms with E-state index in [9.17, 15) is 18.0 Å². The molecule has 0 aliphatic heterocycles. The fourth-order valence-corrected chi connectivity index (χ4v) is 2.61. The van der Waals surface area contributed by atoms with Gasteiger partial charge in [0.1, 0.15) is 11.5 Å². The van der Waals surface area contributed by atoms with Crippen LogP contribution in [0.4, 0.5) is 29.3 Å². The number of nitrogens with two attached hydrogens (primary N) is 1. The van der Waals surface area contributed by atoms with Gasteiger partial charge in [-0.15, -0.1) is 0 Å². The van der Waals surface area contributed by atoms with Gasteiger partial charge >= 0.3 is 12.2 Å². The van der Waals surface area contributed by atoms with E-state index in [2.05, 4.69) is 4.98 Å². The summed E-state index contributed by atoms with van der Waals surface area (Å²) < 4.78 is 44.6. The molecule has 0 atom stereocenters. The highest BCUT2D eigenvalue weighted by Gasteiger charge is 2.31. The monoisotopic (exact) mass is 387 g/mol. The van der Waals surface area contributed by atoms with Crippen molar-refractivity contribution in [3.05, 3.63) is 78.1 Å². The third-order valence-electron chi connectivity index (χ3n) is 3.85. The summed E-state index contributed by atoms with van der Waals surface area (Å²) in [4.78, 5) is 17.0. The molecule has 0 aliphatic rings. The number of ether oxygens (including phenoxy) is 1. The van der Waals surface area contributed by atoms with Crippen LogP contribution in [-0.4, -0.2) is 11.0 Å². The van der Waals surface area contributed by atoms with Crippen molar-refractivity contribution in [1.29, 1.82) is 0 Å². The Morgan fingerprint density at radius 3 is 2.32 bits per heavy atom. The Morgan fingerprint density at radius 1 is 1.00 bits per heavy atom. The zero-order valence-electron chi connectivity index (χ0n) is 14.8. The molecule has 5 nitrogen and oxygen atoms in total. The Balaban J connectivity index is 1.88. The number of alkyl halides is 3. The smallest absolute Gasteiger partial charge is 0.416 e. The zero-order valence-corrected chi connectivity index (χ0v) is 14.8. The fourth-order valence-electron chi connectivity index (χ4n) is 2.61. The standard InChI is InChI=1S/C20H16F3N3O2/c1-13-11-18(9-10-25-13)28-17-7-5-15(6-8-17)26(19(24)27)16-4-2-3-14(12-16)20(21,22)23/h2-12H,1H3,(H2,24,27). The van der Waals surface area contributed by atoms with Crippen LogP contribution in [0, 0.1) is 6.92 Å². The Morgan fingerprint density at radius 2 is 1.71 bits per heavy atom. The molecule has 2 amide bonds. The molecule has 0 radical (unpaired) electrons. The van der Waals surface area contributed by atoms with E-state index in [0.29, 0.717) is 17.2 Å². The minimum atomic E-state index is -4.53. The van der Waals surface area contributed by atoms with E-state index >= 15 is 0 Å². The van der Waals surface area contributed by atoms with E-state index in [1.54, 1.807) is 30.5 Å². The van der Waals surface area contributed by atoms with Crippen LogP contribution >= 0.6 is 0 Å². The van der Waals surface area contributed by atoms with Crippen molar-refractivity contribution in [1.82, 2.24) is 4.98 Å². The van der Waals surface area contributed by atoms with Crippen LogP contribution < -0.4 is 15.4 Å². The number of aromatic nitrogens is 1. The van der Waals surface area contributed by atoms with Gasteiger partial charge in [0.25, 0.3) is 0 Å². The summed E-state index contributed by atoms with van der Waals surface area (Å²) in [7, 11) is 0. The molecule has 2 N–H and O–H groups in total. The predicted octanol–water partition coefficient (Wildman–Crippen LogP) is 5.42. The fraction of sp³-hybridized carbons (Fsp3) is 0.100. The third kappa shape index (κ3) is 4.40. The molecule has 0 fully saturated rings. The van der Waals surface area contributed by atoms with Crippen molar-refractivity contribution in [2.45, 2.75) is 13.1 Å². The number of benzene rings is 2. The second kappa shape index (κ2) is 7.59. The van der Waals surface area contributed by atoms with Crippen LogP contribution in [0.1, 0.15) is 11.3 Å². The van der Waals surface area contributed by atoms with Crippen LogP contribution in [0.25, 0.3) is 0 Å². The van der Waals surface area contributed by atoms with E-state index in [1.807, 2.05) is 6.92 Å². The molecule has 1 aromatic heterocycles. The van der Waals surface area contributed by atoms with Gasteiger partial charge in [-0.3, -0.25) is 9.88 Å². The van der Waals surface area contributed by atoms with E-state index < -0.39 is 17.8 Å². The average molecular weight is 387 g/mol. The van der Waals surface area contributed by atoms with Gasteiger partial charge in [0.15, 0.2) is 0 Å². The minimum absolute atomic E-state index is 0.0146. The molecule has 144 valence electrons. The van der Waals surface area contributed by atoms with Crippen molar-refractivity contribution in [2.24, 2.45) is 5.73 Å². The molecule has 1 heterocycles. The lowest BCUT2D eigenvalue weighted by molar-refractivity contribution is -0.137. The lowest BCUT2D eigenvalue weighted by Crippen LogP contribution is -2.31. The number of amides is 2. The van der Waals surface area contributed by atoms with Gasteiger partial charge in [0, 0.05) is 18.0 Å². The molecule has 3 rings (SSSR count). The van der Waals surface area contributed by atoms with Crippen molar-refractivity contribution >= 4 is 17.4 Å². The second-order valence-corrected chi connectivity index (χ2v) is 5.95. The second-order valence-electron chi connectivity index (χ2n) is 5.95. The van der Waals surface area contributed by atoms with Crippen molar-refractivity contribution in [3.8, 4) is 11.5 Å². The molecule has 8 heteroatoms. The number of anilines is 2. The van der Waals surface area contributed by atoms with Gasteiger partial charge in [-0.2, -0.15) is 13.2 Å². The summed E-state index contributed by atoms with van der Waals surface area (Å²) in [6.07, 6.45) is -2.92. The van der Waals surface area contributed by atoms with Crippen LogP contribution in [0.15, 0.2) is 66.9 Å². The number of aryl methyl sites for hydroxylation is 1. The molecule has 0 unspecified atom stereocenters. The normalized spacial score (nSPS) is 11.1. The Kier molecular flexibility index (Phi) is 5.21. The summed E-state index contributed by atoms with van der Waals surface area (Å²) in [5.41, 5.74) is 5.65. The molecule has 2 aromatic carbocycles. The van der Waals surface area contributed by atoms with Gasteiger partial charge in [-0.25, -0.2) is 4.79 Å². The van der Waals surface area contributed by atoms with Crippen molar-refractivity contribution in [2.75, 3.05) is 4.90 Å². The van der Waals surface area contributed by atoms with Gasteiger partial charge in [0.2, 0.25) is 0 Å². The van der Waals surface area contributed by atoms with E-state index in [0.717, 1.165) is 22.7 Å². The minimum Gasteiger partial charge on any atom is -0.457 e. The number of hydrogen-bond acceptors (Lipinski definition) is 3. The summed E-state index contributed by atoms with van der Waals surface area (Å²) in [6, 6.07) is 13.2. The Labute approximate surface area is 159 Å². The number of carbonyl (C=O) groups is 1. The van der Waals surface area contributed by atoms with Gasteiger partial charge in [-0.1, -0.05) is 6.07 Å². The highest BCUT2D eigenvalue weighted by Crippen LogP contribution is 2.34. The largest absolute Gasteiger partial charge is 0.457 e. The maximum Gasteiger partial charge on any atom is 0.416 e. The Hall–Kier alpha value is -3.55. The lowest BCUT2D eigenvalue weighted by atomic mass is 10.1. The summed E-state index contributed by atoms with van der Waals surface area (Å²) in [6.45, 7) is 1.83. The lowest BCUT2D eigenvalue weighted by Gasteiger charge is -2.22. The number of nitrogens with zero attached hydrogens (tertiary/aromatic N) is 2.